The van der Waals surface area contributed by atoms with Gasteiger partial charge in [0.05, 0.1) is 5.92 Å². The number of hydrogen-bond donors (Lipinski definition) is 3. The second kappa shape index (κ2) is 8.33. The minimum absolute atomic E-state index is 0.00604. The number of aromatic amines is 1. The van der Waals surface area contributed by atoms with Crippen molar-refractivity contribution in [3.8, 4) is 0 Å². The number of rotatable bonds is 5. The Kier molecular flexibility index (Phi) is 5.91. The molecule has 3 amide bonds. The minimum atomic E-state index is -0.214. The van der Waals surface area contributed by atoms with Crippen molar-refractivity contribution in [3.63, 3.8) is 0 Å². The number of nitrogens with two attached hydrogens (primary N) is 1. The van der Waals surface area contributed by atoms with E-state index in [-0.39, 0.29) is 17.9 Å². The van der Waals surface area contributed by atoms with Gasteiger partial charge in [-0.25, -0.2) is 4.79 Å². The van der Waals surface area contributed by atoms with E-state index in [2.05, 4.69) is 20.4 Å². The number of amides is 3. The van der Waals surface area contributed by atoms with Crippen LogP contribution in [-0.4, -0.2) is 71.2 Å². The maximum atomic E-state index is 12.3. The van der Waals surface area contributed by atoms with E-state index in [1.54, 1.807) is 6.20 Å². The van der Waals surface area contributed by atoms with E-state index in [1.807, 2.05) is 11.0 Å². The summed E-state index contributed by atoms with van der Waals surface area (Å²) in [4.78, 5) is 27.7. The molecule has 0 radical (unpaired) electrons. The first-order valence-corrected chi connectivity index (χ1v) is 9.17. The molecule has 4 N–H and O–H groups in total. The molecule has 1 aromatic rings. The Labute approximate surface area is 148 Å². The van der Waals surface area contributed by atoms with Crippen molar-refractivity contribution in [3.05, 3.63) is 18.0 Å². The van der Waals surface area contributed by atoms with Crippen LogP contribution >= 0.6 is 0 Å². The van der Waals surface area contributed by atoms with Gasteiger partial charge in [-0.15, -0.1) is 0 Å². The fourth-order valence-electron chi connectivity index (χ4n) is 3.81. The average Bonchev–Trinajstić information content (AvgIpc) is 3.17. The molecule has 2 fully saturated rings. The highest BCUT2D eigenvalue weighted by atomic mass is 16.2. The normalized spacial score (nSPS) is 22.7. The van der Waals surface area contributed by atoms with Gasteiger partial charge in [0, 0.05) is 50.5 Å². The van der Waals surface area contributed by atoms with Gasteiger partial charge in [-0.05, 0) is 38.3 Å². The van der Waals surface area contributed by atoms with Crippen molar-refractivity contribution in [2.24, 2.45) is 11.7 Å². The zero-order valence-electron chi connectivity index (χ0n) is 14.6. The van der Waals surface area contributed by atoms with Crippen LogP contribution in [0.25, 0.3) is 0 Å². The van der Waals surface area contributed by atoms with Crippen molar-refractivity contribution < 1.29 is 9.59 Å². The summed E-state index contributed by atoms with van der Waals surface area (Å²) >= 11 is 0. The summed E-state index contributed by atoms with van der Waals surface area (Å²) < 4.78 is 0. The number of piperidine rings is 2. The van der Waals surface area contributed by atoms with Crippen LogP contribution in [0.2, 0.25) is 0 Å². The van der Waals surface area contributed by atoms with Crippen LogP contribution in [0.4, 0.5) is 4.79 Å². The topological polar surface area (TPSA) is 107 Å². The zero-order valence-corrected chi connectivity index (χ0v) is 14.6. The lowest BCUT2D eigenvalue weighted by molar-refractivity contribution is -0.123. The maximum Gasteiger partial charge on any atom is 0.317 e. The smallest absolute Gasteiger partial charge is 0.317 e. The Bertz CT molecular complexity index is 568. The van der Waals surface area contributed by atoms with Crippen LogP contribution in [0.1, 0.15) is 37.3 Å². The minimum Gasteiger partial charge on any atom is -0.369 e. The quantitative estimate of drug-likeness (QED) is 0.720. The van der Waals surface area contributed by atoms with Gasteiger partial charge >= 0.3 is 6.03 Å². The van der Waals surface area contributed by atoms with Crippen LogP contribution in [0.15, 0.2) is 12.3 Å². The summed E-state index contributed by atoms with van der Waals surface area (Å²) in [5, 5.41) is 10.0. The van der Waals surface area contributed by atoms with E-state index in [1.165, 1.54) is 0 Å². The van der Waals surface area contributed by atoms with E-state index in [4.69, 9.17) is 5.73 Å². The lowest BCUT2D eigenvalue weighted by Crippen LogP contribution is -2.48. The van der Waals surface area contributed by atoms with Gasteiger partial charge in [-0.3, -0.25) is 9.89 Å². The summed E-state index contributed by atoms with van der Waals surface area (Å²) in [5.74, 6) is 0.200. The second-order valence-electron chi connectivity index (χ2n) is 7.05. The summed E-state index contributed by atoms with van der Waals surface area (Å²) in [7, 11) is 0. The van der Waals surface area contributed by atoms with E-state index in [0.29, 0.717) is 19.0 Å². The van der Waals surface area contributed by atoms with Crippen LogP contribution in [-0.2, 0) is 4.79 Å². The largest absolute Gasteiger partial charge is 0.369 e. The number of carbonyl (C=O) groups is 2. The van der Waals surface area contributed by atoms with Crippen molar-refractivity contribution in [1.82, 2.24) is 25.3 Å². The standard InChI is InChI=1S/C17H28N6O2/c18-16(24)14-2-1-8-22(12-14)11-7-19-17(25)23-9-4-13(5-10-23)15-3-6-20-21-15/h3,6,13-14H,1-2,4-5,7-12H2,(H2,18,24)(H,19,25)(H,20,21)/t14-/m1/s1. The molecule has 3 heterocycles. The van der Waals surface area contributed by atoms with Gasteiger partial charge < -0.3 is 20.9 Å². The van der Waals surface area contributed by atoms with Crippen LogP contribution < -0.4 is 11.1 Å². The average molecular weight is 348 g/mol. The Balaban J connectivity index is 1.35. The molecule has 2 saturated heterocycles. The van der Waals surface area contributed by atoms with Crippen molar-refractivity contribution in [2.45, 2.75) is 31.6 Å². The van der Waals surface area contributed by atoms with Gasteiger partial charge in [0.1, 0.15) is 0 Å². The molecule has 8 nitrogen and oxygen atoms in total. The number of aromatic nitrogens is 2. The third kappa shape index (κ3) is 4.72. The maximum absolute atomic E-state index is 12.3. The van der Waals surface area contributed by atoms with Gasteiger partial charge in [-0.2, -0.15) is 5.10 Å². The monoisotopic (exact) mass is 348 g/mol. The number of urea groups is 1. The number of carbonyl (C=O) groups excluding carboxylic acids is 2. The van der Waals surface area contributed by atoms with Crippen LogP contribution in [0.3, 0.4) is 0 Å². The van der Waals surface area contributed by atoms with Crippen molar-refractivity contribution in [2.75, 3.05) is 39.3 Å². The molecule has 2 aliphatic heterocycles. The first-order chi connectivity index (χ1) is 12.1. The van der Waals surface area contributed by atoms with Crippen LogP contribution in [0, 0.1) is 5.92 Å². The third-order valence-corrected chi connectivity index (χ3v) is 5.36. The molecular formula is C17H28N6O2. The number of nitrogens with zero attached hydrogens (tertiary/aromatic N) is 3. The highest BCUT2D eigenvalue weighted by molar-refractivity contribution is 5.77. The van der Waals surface area contributed by atoms with Crippen molar-refractivity contribution in [1.29, 1.82) is 0 Å². The Morgan fingerprint density at radius 1 is 1.28 bits per heavy atom. The highest BCUT2D eigenvalue weighted by Crippen LogP contribution is 2.26. The number of hydrogen-bond acceptors (Lipinski definition) is 4. The number of nitrogens with one attached hydrogen (secondary N) is 2. The first-order valence-electron chi connectivity index (χ1n) is 9.17. The fraction of sp³-hybridized carbons (Fsp3) is 0.706. The number of primary amides is 1. The molecule has 0 aromatic carbocycles. The molecule has 8 heteroatoms. The summed E-state index contributed by atoms with van der Waals surface area (Å²) in [6.07, 6.45) is 5.56. The third-order valence-electron chi connectivity index (χ3n) is 5.36. The molecule has 1 aromatic heterocycles. The lowest BCUT2D eigenvalue weighted by atomic mass is 9.94. The van der Waals surface area contributed by atoms with Gasteiger partial charge in [0.25, 0.3) is 0 Å². The lowest BCUT2D eigenvalue weighted by Gasteiger charge is -2.33. The molecule has 138 valence electrons. The molecule has 25 heavy (non-hydrogen) atoms. The molecule has 0 bridgehead atoms. The Morgan fingerprint density at radius 2 is 2.08 bits per heavy atom. The fourth-order valence-corrected chi connectivity index (χ4v) is 3.81. The predicted molar refractivity (Wildman–Crippen MR) is 93.9 cm³/mol. The van der Waals surface area contributed by atoms with E-state index in [9.17, 15) is 9.59 Å². The molecular weight excluding hydrogens is 320 g/mol. The Morgan fingerprint density at radius 3 is 2.76 bits per heavy atom. The van der Waals surface area contributed by atoms with Gasteiger partial charge in [0.2, 0.25) is 5.91 Å². The molecule has 3 rings (SSSR count). The van der Waals surface area contributed by atoms with Gasteiger partial charge in [0.15, 0.2) is 0 Å². The van der Waals surface area contributed by atoms with Crippen LogP contribution in [0.5, 0.6) is 0 Å². The summed E-state index contributed by atoms with van der Waals surface area (Å²) in [6, 6.07) is 2.02. The molecule has 0 unspecified atom stereocenters. The molecule has 1 atom stereocenters. The number of H-pyrrole nitrogens is 1. The predicted octanol–water partition coefficient (Wildman–Crippen LogP) is 0.496. The zero-order chi connectivity index (χ0) is 17.6. The number of likely N-dealkylation sites (tertiary alicyclic amines) is 2. The summed E-state index contributed by atoms with van der Waals surface area (Å²) in [6.45, 7) is 4.58. The van der Waals surface area contributed by atoms with E-state index < -0.39 is 0 Å². The van der Waals surface area contributed by atoms with Gasteiger partial charge in [-0.1, -0.05) is 0 Å². The molecule has 2 aliphatic rings. The van der Waals surface area contributed by atoms with E-state index >= 15 is 0 Å². The van der Waals surface area contributed by atoms with Crippen molar-refractivity contribution >= 4 is 11.9 Å². The summed E-state index contributed by atoms with van der Waals surface area (Å²) in [5.41, 5.74) is 6.56. The van der Waals surface area contributed by atoms with E-state index in [0.717, 1.165) is 57.6 Å². The highest BCUT2D eigenvalue weighted by Gasteiger charge is 2.25. The SMILES string of the molecule is NC(=O)[C@@H]1CCCN(CCNC(=O)N2CCC(c3ccn[nH]3)CC2)C1. The second-order valence-corrected chi connectivity index (χ2v) is 7.05. The molecule has 0 spiro atoms. The first kappa shape index (κ1) is 17.7. The molecule has 0 saturated carbocycles. The molecule has 0 aliphatic carbocycles. The Hall–Kier alpha value is -2.09.